The van der Waals surface area contributed by atoms with E-state index in [0.717, 1.165) is 46.1 Å². The molecule has 6 rings (SSSR count). The van der Waals surface area contributed by atoms with Gasteiger partial charge in [-0.2, -0.15) is 5.10 Å². The van der Waals surface area contributed by atoms with Crippen molar-refractivity contribution in [2.75, 3.05) is 13.9 Å². The van der Waals surface area contributed by atoms with E-state index >= 15 is 0 Å². The number of methoxy groups -OCH3 is 1. The summed E-state index contributed by atoms with van der Waals surface area (Å²) in [6, 6.07) is 21.3. The molecule has 7 heteroatoms. The second-order valence-electron chi connectivity index (χ2n) is 7.84. The maximum absolute atomic E-state index is 11.8. The molecule has 0 fully saturated rings. The average Bonchev–Trinajstić information content (AvgIpc) is 3.50. The van der Waals surface area contributed by atoms with Crippen molar-refractivity contribution in [1.82, 2.24) is 5.01 Å². The lowest BCUT2D eigenvalue weighted by Crippen LogP contribution is -2.33. The summed E-state index contributed by atoms with van der Waals surface area (Å²) in [5.74, 6) is 1.97. The molecule has 0 saturated carbocycles. The van der Waals surface area contributed by atoms with E-state index in [2.05, 4.69) is 6.07 Å². The van der Waals surface area contributed by atoms with Crippen LogP contribution >= 0.6 is 0 Å². The van der Waals surface area contributed by atoms with Gasteiger partial charge in [0.1, 0.15) is 5.75 Å². The number of hydrogen-bond acceptors (Lipinski definition) is 7. The van der Waals surface area contributed by atoms with Crippen molar-refractivity contribution in [3.8, 4) is 17.2 Å². The molecule has 0 radical (unpaired) electrons. The molecule has 3 aliphatic heterocycles. The molecule has 7 nitrogen and oxygen atoms in total. The van der Waals surface area contributed by atoms with Crippen LogP contribution in [0, 0.1) is 0 Å². The minimum absolute atomic E-state index is 0.0469. The number of carbonyl (C=O) groups excluding carboxylic acids is 1. The van der Waals surface area contributed by atoms with E-state index < -0.39 is 6.23 Å². The van der Waals surface area contributed by atoms with Crippen molar-refractivity contribution in [2.45, 2.75) is 18.7 Å². The number of esters is 1. The second kappa shape index (κ2) is 7.30. The van der Waals surface area contributed by atoms with Crippen LogP contribution in [0.1, 0.15) is 45.7 Å². The fraction of sp³-hybridized carbons (Fsp3) is 0.200. The molecule has 3 heterocycles. The van der Waals surface area contributed by atoms with Crippen LogP contribution in [0.4, 0.5) is 0 Å². The maximum atomic E-state index is 11.8. The zero-order valence-corrected chi connectivity index (χ0v) is 17.4. The zero-order valence-electron chi connectivity index (χ0n) is 17.4. The standard InChI is InChI=1S/C25H20N2O5/c1-29-25(28)16-8-6-15(7-9-16)24-27-20(18-4-2-3-5-21(18)32-24)13-19(26-27)17-10-11-22-23(12-17)31-14-30-22/h2-12,20,24H,13-14H2,1H3/t20-,24+/m1/s1. The molecule has 3 aliphatic rings. The number of benzene rings is 3. The van der Waals surface area contributed by atoms with E-state index in [1.807, 2.05) is 53.5 Å². The van der Waals surface area contributed by atoms with Crippen molar-refractivity contribution >= 4 is 11.7 Å². The molecule has 0 N–H and O–H groups in total. The Hall–Kier alpha value is -4.00. The highest BCUT2D eigenvalue weighted by Crippen LogP contribution is 2.47. The summed E-state index contributed by atoms with van der Waals surface area (Å²) in [4.78, 5) is 11.8. The van der Waals surface area contributed by atoms with Crippen LogP contribution in [0.2, 0.25) is 0 Å². The smallest absolute Gasteiger partial charge is 0.337 e. The van der Waals surface area contributed by atoms with Crippen LogP contribution in [0.25, 0.3) is 0 Å². The van der Waals surface area contributed by atoms with Gasteiger partial charge in [0, 0.05) is 23.1 Å². The summed E-state index contributed by atoms with van der Waals surface area (Å²) < 4.78 is 22.2. The van der Waals surface area contributed by atoms with Gasteiger partial charge in [-0.25, -0.2) is 9.80 Å². The van der Waals surface area contributed by atoms with Gasteiger partial charge in [-0.15, -0.1) is 0 Å². The van der Waals surface area contributed by atoms with E-state index in [1.165, 1.54) is 7.11 Å². The number of ether oxygens (including phenoxy) is 4. The fourth-order valence-electron chi connectivity index (χ4n) is 4.41. The third kappa shape index (κ3) is 2.97. The van der Waals surface area contributed by atoms with Crippen molar-refractivity contribution in [2.24, 2.45) is 5.10 Å². The van der Waals surface area contributed by atoms with Crippen LogP contribution in [0.15, 0.2) is 71.8 Å². The molecule has 0 bridgehead atoms. The van der Waals surface area contributed by atoms with Gasteiger partial charge in [0.15, 0.2) is 11.5 Å². The van der Waals surface area contributed by atoms with E-state index in [0.29, 0.717) is 5.56 Å². The average molecular weight is 428 g/mol. The molecule has 0 aromatic heterocycles. The largest absolute Gasteiger partial charge is 0.465 e. The summed E-state index contributed by atoms with van der Waals surface area (Å²) in [6.07, 6.45) is 0.338. The first kappa shape index (κ1) is 18.7. The van der Waals surface area contributed by atoms with Crippen molar-refractivity contribution in [1.29, 1.82) is 0 Å². The summed E-state index contributed by atoms with van der Waals surface area (Å²) in [5, 5.41) is 6.98. The quantitative estimate of drug-likeness (QED) is 0.575. The molecule has 0 saturated heterocycles. The SMILES string of the molecule is COC(=O)c1ccc([C@@H]2Oc3ccccc3[C@H]3CC(c4ccc5c(c4)OCO5)=NN32)cc1. The minimum Gasteiger partial charge on any atom is -0.465 e. The number of para-hydroxylation sites is 1. The fourth-order valence-corrected chi connectivity index (χ4v) is 4.41. The molecule has 0 spiro atoms. The second-order valence-corrected chi connectivity index (χ2v) is 7.84. The lowest BCUT2D eigenvalue weighted by atomic mass is 9.95. The van der Waals surface area contributed by atoms with Gasteiger partial charge in [-0.1, -0.05) is 30.3 Å². The molecule has 0 unspecified atom stereocenters. The highest BCUT2D eigenvalue weighted by atomic mass is 16.7. The number of nitrogens with zero attached hydrogens (tertiary/aromatic N) is 2. The predicted octanol–water partition coefficient (Wildman–Crippen LogP) is 4.44. The molecule has 0 amide bonds. The summed E-state index contributed by atoms with van der Waals surface area (Å²) in [6.45, 7) is 0.241. The Kier molecular flexibility index (Phi) is 4.28. The summed E-state index contributed by atoms with van der Waals surface area (Å²) in [5.41, 5.74) is 4.47. The predicted molar refractivity (Wildman–Crippen MR) is 116 cm³/mol. The molecule has 160 valence electrons. The molecule has 32 heavy (non-hydrogen) atoms. The van der Waals surface area contributed by atoms with Crippen LogP contribution in [0.5, 0.6) is 17.2 Å². The molecule has 3 aromatic rings. The first-order valence-corrected chi connectivity index (χ1v) is 10.4. The summed E-state index contributed by atoms with van der Waals surface area (Å²) >= 11 is 0. The lowest BCUT2D eigenvalue weighted by Gasteiger charge is -2.38. The maximum Gasteiger partial charge on any atom is 0.337 e. The van der Waals surface area contributed by atoms with Crippen LogP contribution in [0.3, 0.4) is 0 Å². The summed E-state index contributed by atoms with van der Waals surface area (Å²) in [7, 11) is 1.37. The van der Waals surface area contributed by atoms with Crippen molar-refractivity contribution in [3.63, 3.8) is 0 Å². The van der Waals surface area contributed by atoms with Crippen LogP contribution in [-0.2, 0) is 4.74 Å². The molecular weight excluding hydrogens is 408 g/mol. The number of rotatable bonds is 3. The normalized spacial score (nSPS) is 20.2. The first-order chi connectivity index (χ1) is 15.7. The number of fused-ring (bicyclic) bond motifs is 4. The van der Waals surface area contributed by atoms with E-state index in [-0.39, 0.29) is 18.8 Å². The monoisotopic (exact) mass is 428 g/mol. The highest BCUT2D eigenvalue weighted by Gasteiger charge is 2.41. The molecule has 0 aliphatic carbocycles. The van der Waals surface area contributed by atoms with Gasteiger partial charge < -0.3 is 18.9 Å². The minimum atomic E-state index is -0.409. The third-order valence-electron chi connectivity index (χ3n) is 6.02. The molecule has 3 aromatic carbocycles. The van der Waals surface area contributed by atoms with E-state index in [1.54, 1.807) is 12.1 Å². The number of hydrazone groups is 1. The number of hydrogen-bond donors (Lipinski definition) is 0. The van der Waals surface area contributed by atoms with E-state index in [9.17, 15) is 4.79 Å². The van der Waals surface area contributed by atoms with Gasteiger partial charge in [0.2, 0.25) is 13.0 Å². The first-order valence-electron chi connectivity index (χ1n) is 10.4. The Morgan fingerprint density at radius 1 is 1.00 bits per heavy atom. The Morgan fingerprint density at radius 3 is 2.66 bits per heavy atom. The van der Waals surface area contributed by atoms with Crippen molar-refractivity contribution < 1.29 is 23.7 Å². The molecule has 2 atom stereocenters. The number of carbonyl (C=O) groups is 1. The van der Waals surface area contributed by atoms with Crippen LogP contribution < -0.4 is 14.2 Å². The Morgan fingerprint density at radius 2 is 1.81 bits per heavy atom. The van der Waals surface area contributed by atoms with Gasteiger partial charge in [-0.05, 0) is 36.4 Å². The molecular formula is C25H20N2O5. The Balaban J connectivity index is 1.39. The third-order valence-corrected chi connectivity index (χ3v) is 6.02. The highest BCUT2D eigenvalue weighted by molar-refractivity contribution is 6.02. The van der Waals surface area contributed by atoms with E-state index in [4.69, 9.17) is 24.0 Å². The lowest BCUT2D eigenvalue weighted by molar-refractivity contribution is -0.0190. The van der Waals surface area contributed by atoms with Crippen LogP contribution in [-0.4, -0.2) is 30.6 Å². The van der Waals surface area contributed by atoms with Gasteiger partial charge in [0.05, 0.1) is 24.4 Å². The van der Waals surface area contributed by atoms with Crippen molar-refractivity contribution in [3.05, 3.63) is 89.0 Å². The van der Waals surface area contributed by atoms with Gasteiger partial charge in [-0.3, -0.25) is 0 Å². The Labute approximate surface area is 184 Å². The van der Waals surface area contributed by atoms with Gasteiger partial charge >= 0.3 is 5.97 Å². The Bertz CT molecular complexity index is 1240. The van der Waals surface area contributed by atoms with Gasteiger partial charge in [0.25, 0.3) is 0 Å². The topological polar surface area (TPSA) is 69.6 Å². The zero-order chi connectivity index (χ0) is 21.7.